The van der Waals surface area contributed by atoms with Gasteiger partial charge in [0, 0.05) is 19.5 Å². The first-order chi connectivity index (χ1) is 14.1. The van der Waals surface area contributed by atoms with Gasteiger partial charge in [0.05, 0.1) is 18.6 Å². The molecule has 0 saturated heterocycles. The number of carbonyl (C=O) groups excluding carboxylic acids is 1. The normalized spacial score (nSPS) is 11.0. The van der Waals surface area contributed by atoms with Gasteiger partial charge in [-0.05, 0) is 38.7 Å². The molecule has 0 bridgehead atoms. The first kappa shape index (κ1) is 20.8. The first-order valence-corrected chi connectivity index (χ1v) is 10.2. The van der Waals surface area contributed by atoms with E-state index in [0.29, 0.717) is 13.2 Å². The average molecular weight is 396 g/mol. The van der Waals surface area contributed by atoms with Crippen LogP contribution in [0.25, 0.3) is 11.2 Å². The Morgan fingerprint density at radius 3 is 2.69 bits per heavy atom. The van der Waals surface area contributed by atoms with Crippen LogP contribution in [-0.4, -0.2) is 32.2 Å². The molecule has 0 saturated carbocycles. The number of aromatic nitrogens is 4. The summed E-state index contributed by atoms with van der Waals surface area (Å²) in [5.74, 6) is 0.868. The van der Waals surface area contributed by atoms with Crippen molar-refractivity contribution in [3.05, 3.63) is 53.2 Å². The van der Waals surface area contributed by atoms with Gasteiger partial charge >= 0.3 is 6.09 Å². The summed E-state index contributed by atoms with van der Waals surface area (Å²) in [6, 6.07) is 8.06. The number of rotatable bonds is 9. The Labute approximate surface area is 171 Å². The molecule has 2 heterocycles. The van der Waals surface area contributed by atoms with Crippen LogP contribution in [0.4, 0.5) is 4.79 Å². The fraction of sp³-hybridized carbons (Fsp3) is 0.455. The third kappa shape index (κ3) is 5.76. The first-order valence-electron chi connectivity index (χ1n) is 10.2. The molecule has 0 aliphatic rings. The van der Waals surface area contributed by atoms with Crippen LogP contribution in [0.1, 0.15) is 48.8 Å². The standard InChI is InChI=1S/C22H29N5O2/c1-4-7-19-25-17(3)20-21(26-19)27(15-24-20)12-5-6-13-29-22(28)23-14-18-10-8-16(2)9-11-18/h8-11,15H,4-7,12-14H2,1-3H3,(H,23,28). The van der Waals surface area contributed by atoms with Crippen molar-refractivity contribution in [2.24, 2.45) is 0 Å². The maximum atomic E-state index is 11.8. The summed E-state index contributed by atoms with van der Waals surface area (Å²) in [5, 5.41) is 2.78. The number of unbranched alkanes of at least 4 members (excludes halogenated alkanes) is 1. The zero-order valence-electron chi connectivity index (χ0n) is 17.4. The number of nitrogens with one attached hydrogen (secondary N) is 1. The lowest BCUT2D eigenvalue weighted by molar-refractivity contribution is 0.143. The number of nitrogens with zero attached hydrogens (tertiary/aromatic N) is 4. The molecule has 0 unspecified atom stereocenters. The predicted octanol–water partition coefficient (Wildman–Crippen LogP) is 4.10. The second kappa shape index (κ2) is 10.0. The monoisotopic (exact) mass is 395 g/mol. The highest BCUT2D eigenvalue weighted by atomic mass is 16.5. The van der Waals surface area contributed by atoms with Crippen LogP contribution in [0.5, 0.6) is 0 Å². The topological polar surface area (TPSA) is 81.9 Å². The molecule has 1 amide bonds. The van der Waals surface area contributed by atoms with E-state index < -0.39 is 0 Å². The maximum Gasteiger partial charge on any atom is 0.407 e. The SMILES string of the molecule is CCCc1nc(C)c2ncn(CCCCOC(=O)NCc3ccc(C)cc3)c2n1. The van der Waals surface area contributed by atoms with Gasteiger partial charge in [0.25, 0.3) is 0 Å². The van der Waals surface area contributed by atoms with Gasteiger partial charge in [-0.15, -0.1) is 0 Å². The fourth-order valence-electron chi connectivity index (χ4n) is 3.12. The molecule has 0 aliphatic heterocycles. The van der Waals surface area contributed by atoms with Crippen molar-refractivity contribution >= 4 is 17.3 Å². The van der Waals surface area contributed by atoms with Crippen LogP contribution in [-0.2, 0) is 24.2 Å². The number of fused-ring (bicyclic) bond motifs is 1. The lowest BCUT2D eigenvalue weighted by atomic mass is 10.1. The van der Waals surface area contributed by atoms with Crippen LogP contribution < -0.4 is 5.32 Å². The number of hydrogen-bond acceptors (Lipinski definition) is 5. The number of benzene rings is 1. The molecule has 1 N–H and O–H groups in total. The Morgan fingerprint density at radius 1 is 1.14 bits per heavy atom. The van der Waals surface area contributed by atoms with E-state index in [1.54, 1.807) is 0 Å². The average Bonchev–Trinajstić information content (AvgIpc) is 3.11. The summed E-state index contributed by atoms with van der Waals surface area (Å²) < 4.78 is 7.32. The number of amides is 1. The molecule has 1 aromatic carbocycles. The van der Waals surface area contributed by atoms with Crippen LogP contribution in [0.15, 0.2) is 30.6 Å². The van der Waals surface area contributed by atoms with Crippen LogP contribution in [0.2, 0.25) is 0 Å². The minimum absolute atomic E-state index is 0.383. The smallest absolute Gasteiger partial charge is 0.407 e. The highest BCUT2D eigenvalue weighted by Gasteiger charge is 2.10. The highest BCUT2D eigenvalue weighted by molar-refractivity contribution is 5.73. The Bertz CT molecular complexity index is 950. The zero-order chi connectivity index (χ0) is 20.6. The Kier molecular flexibility index (Phi) is 7.16. The van der Waals surface area contributed by atoms with E-state index in [9.17, 15) is 4.79 Å². The molecule has 2 aromatic heterocycles. The molecule has 7 nitrogen and oxygen atoms in total. The number of imidazole rings is 1. The number of ether oxygens (including phenoxy) is 1. The third-order valence-electron chi connectivity index (χ3n) is 4.74. The van der Waals surface area contributed by atoms with Gasteiger partial charge in [0.15, 0.2) is 5.65 Å². The molecule has 29 heavy (non-hydrogen) atoms. The number of alkyl carbamates (subject to hydrolysis) is 1. The lowest BCUT2D eigenvalue weighted by Gasteiger charge is -2.08. The molecule has 3 rings (SSSR count). The van der Waals surface area contributed by atoms with Crippen molar-refractivity contribution in [1.82, 2.24) is 24.8 Å². The van der Waals surface area contributed by atoms with Gasteiger partial charge in [-0.25, -0.2) is 19.7 Å². The summed E-state index contributed by atoms with van der Waals surface area (Å²) in [4.78, 5) is 25.5. The summed E-state index contributed by atoms with van der Waals surface area (Å²) in [6.45, 7) is 7.78. The second-order valence-corrected chi connectivity index (χ2v) is 7.27. The second-order valence-electron chi connectivity index (χ2n) is 7.27. The minimum Gasteiger partial charge on any atom is -0.450 e. The molecule has 0 atom stereocenters. The molecular weight excluding hydrogens is 366 g/mol. The van der Waals surface area contributed by atoms with Gasteiger partial charge in [-0.1, -0.05) is 36.8 Å². The van der Waals surface area contributed by atoms with E-state index >= 15 is 0 Å². The van der Waals surface area contributed by atoms with Crippen molar-refractivity contribution in [1.29, 1.82) is 0 Å². The van der Waals surface area contributed by atoms with Crippen molar-refractivity contribution in [3.8, 4) is 0 Å². The Balaban J connectivity index is 1.41. The van der Waals surface area contributed by atoms with Crippen LogP contribution in [0.3, 0.4) is 0 Å². The number of hydrogen-bond donors (Lipinski definition) is 1. The molecule has 7 heteroatoms. The zero-order valence-corrected chi connectivity index (χ0v) is 17.4. The van der Waals surface area contributed by atoms with Gasteiger partial charge in [0.2, 0.25) is 0 Å². The van der Waals surface area contributed by atoms with E-state index in [1.807, 2.05) is 44.4 Å². The van der Waals surface area contributed by atoms with Crippen molar-refractivity contribution in [2.75, 3.05) is 6.61 Å². The van der Waals surface area contributed by atoms with Crippen molar-refractivity contribution in [2.45, 2.75) is 59.5 Å². The highest BCUT2D eigenvalue weighted by Crippen LogP contribution is 2.15. The molecular formula is C22H29N5O2. The molecule has 154 valence electrons. The minimum atomic E-state index is -0.383. The van der Waals surface area contributed by atoms with Gasteiger partial charge in [-0.3, -0.25) is 0 Å². The number of aryl methyl sites for hydroxylation is 4. The summed E-state index contributed by atoms with van der Waals surface area (Å²) in [6.07, 6.45) is 4.98. The molecule has 0 spiro atoms. The van der Waals surface area contributed by atoms with E-state index in [4.69, 9.17) is 4.74 Å². The van der Waals surface area contributed by atoms with E-state index in [1.165, 1.54) is 5.56 Å². The summed E-state index contributed by atoms with van der Waals surface area (Å²) >= 11 is 0. The maximum absolute atomic E-state index is 11.8. The van der Waals surface area contributed by atoms with Crippen LogP contribution >= 0.6 is 0 Å². The summed E-state index contributed by atoms with van der Waals surface area (Å²) in [7, 11) is 0. The Morgan fingerprint density at radius 2 is 1.93 bits per heavy atom. The van der Waals surface area contributed by atoms with Gasteiger partial charge in [-0.2, -0.15) is 0 Å². The third-order valence-corrected chi connectivity index (χ3v) is 4.74. The van der Waals surface area contributed by atoms with Gasteiger partial charge < -0.3 is 14.6 Å². The van der Waals surface area contributed by atoms with Crippen molar-refractivity contribution < 1.29 is 9.53 Å². The summed E-state index contributed by atoms with van der Waals surface area (Å²) in [5.41, 5.74) is 4.92. The van der Waals surface area contributed by atoms with Gasteiger partial charge in [0.1, 0.15) is 11.3 Å². The largest absolute Gasteiger partial charge is 0.450 e. The van der Waals surface area contributed by atoms with Crippen LogP contribution in [0, 0.1) is 13.8 Å². The van der Waals surface area contributed by atoms with Crippen molar-refractivity contribution in [3.63, 3.8) is 0 Å². The van der Waals surface area contributed by atoms with E-state index in [0.717, 1.165) is 60.5 Å². The van der Waals surface area contributed by atoms with E-state index in [2.05, 4.69) is 31.8 Å². The predicted molar refractivity (Wildman–Crippen MR) is 113 cm³/mol. The molecule has 0 aliphatic carbocycles. The lowest BCUT2D eigenvalue weighted by Crippen LogP contribution is -2.24. The molecule has 3 aromatic rings. The van der Waals surface area contributed by atoms with E-state index in [-0.39, 0.29) is 6.09 Å². The Hall–Kier alpha value is -2.96. The number of carbonyl (C=O) groups is 1. The molecule has 0 radical (unpaired) electrons. The fourth-order valence-corrected chi connectivity index (χ4v) is 3.12. The molecule has 0 fully saturated rings. The quantitative estimate of drug-likeness (QED) is 0.552.